The lowest BCUT2D eigenvalue weighted by molar-refractivity contribution is -0.161. The van der Waals surface area contributed by atoms with Crippen molar-refractivity contribution in [3.8, 4) is 5.75 Å². The van der Waals surface area contributed by atoms with Gasteiger partial charge in [0, 0.05) is 5.82 Å². The van der Waals surface area contributed by atoms with Crippen molar-refractivity contribution in [3.63, 3.8) is 0 Å². The second kappa shape index (κ2) is 6.85. The third-order valence-corrected chi connectivity index (χ3v) is 3.79. The van der Waals surface area contributed by atoms with Gasteiger partial charge in [0.15, 0.2) is 0 Å². The zero-order valence-corrected chi connectivity index (χ0v) is 14.7. The molecule has 24 heavy (non-hydrogen) atoms. The first-order valence-electron chi connectivity index (χ1n) is 7.92. The highest BCUT2D eigenvalue weighted by Gasteiger charge is 2.34. The molecule has 0 saturated carbocycles. The van der Waals surface area contributed by atoms with Crippen LogP contribution >= 0.6 is 0 Å². The molecular weight excluding hydrogens is 311 g/mol. The van der Waals surface area contributed by atoms with Gasteiger partial charge in [-0.15, -0.1) is 0 Å². The minimum absolute atomic E-state index is 0.0593. The summed E-state index contributed by atoms with van der Waals surface area (Å²) in [7, 11) is -0.967. The summed E-state index contributed by atoms with van der Waals surface area (Å²) in [5, 5.41) is 9.89. The summed E-state index contributed by atoms with van der Waals surface area (Å²) >= 11 is 0. The van der Waals surface area contributed by atoms with E-state index in [2.05, 4.69) is 0 Å². The van der Waals surface area contributed by atoms with Gasteiger partial charge in [-0.2, -0.15) is 0 Å². The van der Waals surface area contributed by atoms with Gasteiger partial charge in [0.05, 0.1) is 5.41 Å². The van der Waals surface area contributed by atoms with Gasteiger partial charge in [0.2, 0.25) is 6.79 Å². The van der Waals surface area contributed by atoms with Crippen LogP contribution in [0.2, 0.25) is 5.82 Å². The Labute approximate surface area is 142 Å². The molecule has 6 nitrogen and oxygen atoms in total. The highest BCUT2D eigenvalue weighted by Crippen LogP contribution is 2.35. The van der Waals surface area contributed by atoms with Crippen molar-refractivity contribution in [1.29, 1.82) is 0 Å². The second-order valence-electron chi connectivity index (χ2n) is 7.22. The fraction of sp³-hybridized carbons (Fsp3) is 0.529. The summed E-state index contributed by atoms with van der Waals surface area (Å²) in [6, 6.07) is 3.56. The van der Waals surface area contributed by atoms with E-state index in [0.717, 1.165) is 11.1 Å². The Hall–Kier alpha value is -2.02. The first kappa shape index (κ1) is 18.3. The van der Waals surface area contributed by atoms with E-state index < -0.39 is 31.3 Å². The molecule has 0 fully saturated rings. The molecule has 1 heterocycles. The van der Waals surface area contributed by atoms with E-state index in [1.807, 2.05) is 19.9 Å². The quantitative estimate of drug-likeness (QED) is 0.520. The Morgan fingerprint density at radius 2 is 2.00 bits per heavy atom. The van der Waals surface area contributed by atoms with Gasteiger partial charge in [0.25, 0.3) is 0 Å². The lowest BCUT2D eigenvalue weighted by Gasteiger charge is -2.27. The van der Waals surface area contributed by atoms with Crippen molar-refractivity contribution in [2.45, 2.75) is 46.9 Å². The van der Waals surface area contributed by atoms with Crippen LogP contribution < -0.4 is 4.65 Å². The maximum Gasteiger partial charge on any atom is 0.525 e. The van der Waals surface area contributed by atoms with Gasteiger partial charge in [-0.1, -0.05) is 13.0 Å². The smallest absolute Gasteiger partial charge is 0.525 e. The summed E-state index contributed by atoms with van der Waals surface area (Å²) in [5.74, 6) is -0.838. The Kier molecular flexibility index (Phi) is 5.23. The SMILES string of the molecule is Cc1cc2c(c(C(=O)OCOC(=O)C(C)(C)C)c1)OB(O)C(C)C2. The molecule has 0 amide bonds. The number of carbonyl (C=O) groups is 2. The molecule has 1 atom stereocenters. The monoisotopic (exact) mass is 334 g/mol. The van der Waals surface area contributed by atoms with Crippen molar-refractivity contribution in [2.75, 3.05) is 6.79 Å². The number of hydrogen-bond donors (Lipinski definition) is 1. The van der Waals surface area contributed by atoms with Crippen molar-refractivity contribution >= 4 is 19.1 Å². The summed E-state index contributed by atoms with van der Waals surface area (Å²) in [6.07, 6.45) is 0.609. The molecule has 1 aliphatic heterocycles. The largest absolute Gasteiger partial charge is 0.535 e. The Morgan fingerprint density at radius 1 is 1.33 bits per heavy atom. The second-order valence-corrected chi connectivity index (χ2v) is 7.22. The zero-order valence-electron chi connectivity index (χ0n) is 14.7. The van der Waals surface area contributed by atoms with Crippen LogP contribution in [0.5, 0.6) is 5.75 Å². The van der Waals surface area contributed by atoms with Gasteiger partial charge in [0.1, 0.15) is 11.3 Å². The van der Waals surface area contributed by atoms with Crippen molar-refractivity contribution in [2.24, 2.45) is 5.41 Å². The Morgan fingerprint density at radius 3 is 2.62 bits per heavy atom. The number of benzene rings is 1. The molecule has 1 aliphatic rings. The lowest BCUT2D eigenvalue weighted by Crippen LogP contribution is -2.33. The van der Waals surface area contributed by atoms with Gasteiger partial charge in [-0.05, 0) is 51.3 Å². The third kappa shape index (κ3) is 4.09. The van der Waals surface area contributed by atoms with Crippen LogP contribution in [0.4, 0.5) is 0 Å². The molecule has 7 heteroatoms. The number of rotatable bonds is 3. The molecule has 1 N–H and O–H groups in total. The van der Waals surface area contributed by atoms with Crippen LogP contribution in [-0.2, 0) is 20.7 Å². The van der Waals surface area contributed by atoms with Crippen molar-refractivity contribution in [3.05, 3.63) is 28.8 Å². The number of esters is 2. The van der Waals surface area contributed by atoms with Crippen LogP contribution in [0.15, 0.2) is 12.1 Å². The van der Waals surface area contributed by atoms with Crippen LogP contribution in [0.25, 0.3) is 0 Å². The number of fused-ring (bicyclic) bond motifs is 1. The van der Waals surface area contributed by atoms with E-state index in [0.29, 0.717) is 12.2 Å². The molecule has 1 aromatic rings. The highest BCUT2D eigenvalue weighted by atomic mass is 16.7. The number of carbonyl (C=O) groups excluding carboxylic acids is 2. The van der Waals surface area contributed by atoms with E-state index in [-0.39, 0.29) is 11.4 Å². The minimum Gasteiger partial charge on any atom is -0.535 e. The van der Waals surface area contributed by atoms with E-state index >= 15 is 0 Å². The molecule has 2 rings (SSSR count). The summed E-state index contributed by atoms with van der Waals surface area (Å²) < 4.78 is 15.5. The van der Waals surface area contributed by atoms with E-state index in [1.165, 1.54) is 0 Å². The molecule has 0 spiro atoms. The predicted molar refractivity (Wildman–Crippen MR) is 88.7 cm³/mol. The van der Waals surface area contributed by atoms with Crippen LogP contribution in [0, 0.1) is 12.3 Å². The fourth-order valence-electron chi connectivity index (χ4n) is 2.41. The molecule has 0 saturated heterocycles. The number of aryl methyl sites for hydroxylation is 1. The summed E-state index contributed by atoms with van der Waals surface area (Å²) in [4.78, 5) is 24.0. The van der Waals surface area contributed by atoms with Crippen LogP contribution in [0.1, 0.15) is 49.2 Å². The minimum atomic E-state index is -0.967. The standard InChI is InChI=1S/C17H23BO6/c1-10-6-12-8-11(2)18(21)24-14(12)13(7-10)15(19)22-9-23-16(20)17(3,4)5/h6-7,11,21H,8-9H2,1-5H3. The van der Waals surface area contributed by atoms with Gasteiger partial charge < -0.3 is 19.2 Å². The Bertz CT molecular complexity index is 649. The molecule has 0 aromatic heterocycles. The number of hydrogen-bond acceptors (Lipinski definition) is 6. The molecule has 0 aliphatic carbocycles. The normalized spacial score (nSPS) is 16.9. The Balaban J connectivity index is 2.11. The highest BCUT2D eigenvalue weighted by molar-refractivity contribution is 6.46. The zero-order chi connectivity index (χ0) is 18.1. The first-order valence-corrected chi connectivity index (χ1v) is 7.92. The molecule has 0 bridgehead atoms. The van der Waals surface area contributed by atoms with Gasteiger partial charge >= 0.3 is 19.1 Å². The van der Waals surface area contributed by atoms with E-state index in [9.17, 15) is 14.6 Å². The number of ether oxygens (including phenoxy) is 2. The van der Waals surface area contributed by atoms with Crippen molar-refractivity contribution in [1.82, 2.24) is 0 Å². The average Bonchev–Trinajstić information content (AvgIpc) is 2.47. The third-order valence-electron chi connectivity index (χ3n) is 3.79. The summed E-state index contributed by atoms with van der Waals surface area (Å²) in [5.41, 5.74) is 1.30. The predicted octanol–water partition coefficient (Wildman–Crippen LogP) is 2.50. The van der Waals surface area contributed by atoms with Crippen LogP contribution in [-0.4, -0.2) is 30.9 Å². The summed E-state index contributed by atoms with van der Waals surface area (Å²) in [6.45, 7) is 8.42. The molecule has 1 unspecified atom stereocenters. The van der Waals surface area contributed by atoms with Gasteiger partial charge in [-0.3, -0.25) is 4.79 Å². The van der Waals surface area contributed by atoms with Crippen molar-refractivity contribution < 1.29 is 28.7 Å². The lowest BCUT2D eigenvalue weighted by atomic mass is 9.68. The molecule has 0 radical (unpaired) electrons. The first-order chi connectivity index (χ1) is 11.1. The molecule has 1 aromatic carbocycles. The maximum absolute atomic E-state index is 12.3. The maximum atomic E-state index is 12.3. The van der Waals surface area contributed by atoms with Gasteiger partial charge in [-0.25, -0.2) is 4.79 Å². The molecule has 130 valence electrons. The van der Waals surface area contributed by atoms with E-state index in [1.54, 1.807) is 26.8 Å². The topological polar surface area (TPSA) is 82.1 Å². The molecular formula is C17H23BO6. The van der Waals surface area contributed by atoms with Crippen LogP contribution in [0.3, 0.4) is 0 Å². The average molecular weight is 334 g/mol. The fourth-order valence-corrected chi connectivity index (χ4v) is 2.41. The van der Waals surface area contributed by atoms with E-state index in [4.69, 9.17) is 14.1 Å².